The van der Waals surface area contributed by atoms with Crippen LogP contribution in [0.4, 0.5) is 11.4 Å². The zero-order valence-electron chi connectivity index (χ0n) is 10.6. The van der Waals surface area contributed by atoms with Gasteiger partial charge in [-0.3, -0.25) is 4.79 Å². The number of nitrogen functional groups attached to an aromatic ring is 2. The fraction of sp³-hybridized carbons (Fsp3) is 0.167. The summed E-state index contributed by atoms with van der Waals surface area (Å²) >= 11 is 5.53. The van der Waals surface area contributed by atoms with Crippen LogP contribution in [0.3, 0.4) is 0 Å². The third-order valence-electron chi connectivity index (χ3n) is 2.28. The highest BCUT2D eigenvalue weighted by Gasteiger charge is 1.92. The van der Waals surface area contributed by atoms with E-state index in [-0.39, 0.29) is 29.5 Å². The Kier molecular flexibility index (Phi) is 7.47. The number of pyridine rings is 2. The maximum absolute atomic E-state index is 10.5. The molecule has 0 spiro atoms. The lowest BCUT2D eigenvalue weighted by atomic mass is 10.3. The van der Waals surface area contributed by atoms with E-state index in [0.29, 0.717) is 16.5 Å². The largest absolute Gasteiger partial charge is 0.398 e. The number of anilines is 2. The predicted molar refractivity (Wildman–Crippen MR) is 90.0 cm³/mol. The molecule has 0 bridgehead atoms. The number of nitrogens with two attached hydrogens (primary N) is 2. The molecule has 0 aromatic carbocycles. The first-order valence-electron chi connectivity index (χ1n) is 5.22. The molecule has 0 radical (unpaired) electrons. The molecule has 0 saturated carbocycles. The summed E-state index contributed by atoms with van der Waals surface area (Å²) < 4.78 is 0. The molecule has 2 aromatic heterocycles. The number of aromatic nitrogens is 2. The number of hydrogen-bond acceptors (Lipinski definition) is 4. The summed E-state index contributed by atoms with van der Waals surface area (Å²) in [5, 5.41) is 0.443. The Balaban J connectivity index is 0.000000324. The number of nitrogens with zero attached hydrogens (tertiary/aromatic N) is 1. The standard InChI is InChI=1S/C6H7ClN2.C6H8N2O.HI/c1-4-3-9-6(7)2-5(4)8;1-4-3-8-6(9)2-5(4)7;/h2-3H,1H3,(H2,8,9);2-3H,1H3,(H3,7,8,9);1H. The zero-order valence-corrected chi connectivity index (χ0v) is 13.7. The summed E-state index contributed by atoms with van der Waals surface area (Å²) in [5.41, 5.74) is 13.8. The van der Waals surface area contributed by atoms with Crippen LogP contribution in [0.15, 0.2) is 29.3 Å². The summed E-state index contributed by atoms with van der Waals surface area (Å²) in [7, 11) is 0. The van der Waals surface area contributed by atoms with Crippen molar-refractivity contribution in [3.8, 4) is 0 Å². The molecule has 5 N–H and O–H groups in total. The zero-order chi connectivity index (χ0) is 13.7. The molecule has 0 amide bonds. The molecule has 5 nitrogen and oxygen atoms in total. The third-order valence-corrected chi connectivity index (χ3v) is 2.49. The monoisotopic (exact) mass is 394 g/mol. The molecule has 2 rings (SSSR count). The fourth-order valence-electron chi connectivity index (χ4n) is 1.07. The van der Waals surface area contributed by atoms with Gasteiger partial charge in [-0.2, -0.15) is 0 Å². The van der Waals surface area contributed by atoms with E-state index in [4.69, 9.17) is 23.1 Å². The minimum atomic E-state index is -0.155. The Hall–Kier alpha value is -1.28. The molecule has 7 heteroatoms. The van der Waals surface area contributed by atoms with Crippen molar-refractivity contribution < 1.29 is 0 Å². The second-order valence-corrected chi connectivity index (χ2v) is 4.19. The maximum atomic E-state index is 10.5. The molecule has 0 unspecified atom stereocenters. The highest BCUT2D eigenvalue weighted by molar-refractivity contribution is 14.0. The summed E-state index contributed by atoms with van der Waals surface area (Å²) in [6.07, 6.45) is 3.25. The Bertz CT molecular complexity index is 601. The Morgan fingerprint density at radius 3 is 2.16 bits per heavy atom. The smallest absolute Gasteiger partial charge is 0.249 e. The van der Waals surface area contributed by atoms with Gasteiger partial charge in [-0.25, -0.2) is 4.98 Å². The number of rotatable bonds is 0. The van der Waals surface area contributed by atoms with Crippen molar-refractivity contribution in [2.75, 3.05) is 11.5 Å². The molecule has 0 saturated heterocycles. The molecular formula is C12H16ClIN4O. The number of hydrogen-bond donors (Lipinski definition) is 3. The van der Waals surface area contributed by atoms with Gasteiger partial charge in [0.1, 0.15) is 5.15 Å². The minimum Gasteiger partial charge on any atom is -0.398 e. The molecule has 0 aliphatic rings. The van der Waals surface area contributed by atoms with Crippen LogP contribution in [0.5, 0.6) is 0 Å². The molecule has 0 atom stereocenters. The highest BCUT2D eigenvalue weighted by atomic mass is 127. The molecule has 2 heterocycles. The average Bonchev–Trinajstić information content (AvgIpc) is 2.30. The van der Waals surface area contributed by atoms with E-state index in [9.17, 15) is 4.79 Å². The van der Waals surface area contributed by atoms with E-state index in [1.165, 1.54) is 6.07 Å². The van der Waals surface area contributed by atoms with Crippen molar-refractivity contribution >= 4 is 47.0 Å². The lowest BCUT2D eigenvalue weighted by Crippen LogP contribution is -2.05. The minimum absolute atomic E-state index is 0. The van der Waals surface area contributed by atoms with Crippen LogP contribution in [-0.2, 0) is 0 Å². The van der Waals surface area contributed by atoms with Gasteiger partial charge in [-0.15, -0.1) is 24.0 Å². The van der Waals surface area contributed by atoms with Crippen LogP contribution in [0.2, 0.25) is 5.15 Å². The van der Waals surface area contributed by atoms with Crippen molar-refractivity contribution in [1.29, 1.82) is 0 Å². The van der Waals surface area contributed by atoms with Crippen molar-refractivity contribution in [2.24, 2.45) is 0 Å². The number of halogens is 2. The lowest BCUT2D eigenvalue weighted by Gasteiger charge is -1.96. The van der Waals surface area contributed by atoms with Gasteiger partial charge in [0, 0.05) is 29.8 Å². The average molecular weight is 395 g/mol. The first-order valence-corrected chi connectivity index (χ1v) is 5.60. The van der Waals surface area contributed by atoms with Gasteiger partial charge in [0.05, 0.1) is 0 Å². The molecular weight excluding hydrogens is 379 g/mol. The second-order valence-electron chi connectivity index (χ2n) is 3.80. The predicted octanol–water partition coefficient (Wildman–Crippen LogP) is 2.51. The van der Waals surface area contributed by atoms with E-state index in [1.54, 1.807) is 18.5 Å². The Morgan fingerprint density at radius 1 is 1.16 bits per heavy atom. The van der Waals surface area contributed by atoms with Crippen molar-refractivity contribution in [3.05, 3.63) is 51.2 Å². The molecule has 0 fully saturated rings. The van der Waals surface area contributed by atoms with Crippen LogP contribution in [-0.4, -0.2) is 9.97 Å². The van der Waals surface area contributed by atoms with Crippen LogP contribution in [0.25, 0.3) is 0 Å². The first-order chi connectivity index (χ1) is 8.40. The van der Waals surface area contributed by atoms with Crippen molar-refractivity contribution in [3.63, 3.8) is 0 Å². The number of aromatic amines is 1. The van der Waals surface area contributed by atoms with E-state index in [1.807, 2.05) is 13.8 Å². The lowest BCUT2D eigenvalue weighted by molar-refractivity contribution is 1.20. The summed E-state index contributed by atoms with van der Waals surface area (Å²) in [5.74, 6) is 0. The van der Waals surface area contributed by atoms with Gasteiger partial charge in [-0.1, -0.05) is 11.6 Å². The summed E-state index contributed by atoms with van der Waals surface area (Å²) in [6, 6.07) is 3.01. The topological polar surface area (TPSA) is 97.8 Å². The van der Waals surface area contributed by atoms with Crippen molar-refractivity contribution in [1.82, 2.24) is 9.97 Å². The van der Waals surface area contributed by atoms with E-state index in [0.717, 1.165) is 11.1 Å². The van der Waals surface area contributed by atoms with Crippen LogP contribution in [0.1, 0.15) is 11.1 Å². The molecule has 19 heavy (non-hydrogen) atoms. The SMILES string of the molecule is Cc1c[nH]c(=O)cc1N.Cc1cnc(Cl)cc1N.I. The third kappa shape index (κ3) is 5.93. The number of nitrogens with one attached hydrogen (secondary N) is 1. The molecule has 0 aliphatic heterocycles. The fourth-order valence-corrected chi connectivity index (χ4v) is 1.24. The van der Waals surface area contributed by atoms with Gasteiger partial charge in [0.25, 0.3) is 0 Å². The van der Waals surface area contributed by atoms with Crippen LogP contribution < -0.4 is 17.0 Å². The molecule has 0 aliphatic carbocycles. The second kappa shape index (κ2) is 8.00. The van der Waals surface area contributed by atoms with Gasteiger partial charge in [-0.05, 0) is 31.0 Å². The van der Waals surface area contributed by atoms with Crippen LogP contribution >= 0.6 is 35.6 Å². The maximum Gasteiger partial charge on any atom is 0.249 e. The van der Waals surface area contributed by atoms with Gasteiger partial charge in [0.2, 0.25) is 5.56 Å². The van der Waals surface area contributed by atoms with Gasteiger partial charge < -0.3 is 16.5 Å². The Morgan fingerprint density at radius 2 is 1.74 bits per heavy atom. The van der Waals surface area contributed by atoms with E-state index >= 15 is 0 Å². The normalized spacial score (nSPS) is 9.00. The van der Waals surface area contributed by atoms with Crippen molar-refractivity contribution in [2.45, 2.75) is 13.8 Å². The van der Waals surface area contributed by atoms with Crippen LogP contribution in [0, 0.1) is 13.8 Å². The highest BCUT2D eigenvalue weighted by Crippen LogP contribution is 2.12. The number of aryl methyl sites for hydroxylation is 2. The quantitative estimate of drug-likeness (QED) is 0.472. The molecule has 2 aromatic rings. The Labute approximate surface area is 133 Å². The summed E-state index contributed by atoms with van der Waals surface area (Å²) in [4.78, 5) is 16.8. The van der Waals surface area contributed by atoms with Gasteiger partial charge in [0.15, 0.2) is 0 Å². The van der Waals surface area contributed by atoms with Gasteiger partial charge >= 0.3 is 0 Å². The van der Waals surface area contributed by atoms with E-state index in [2.05, 4.69) is 9.97 Å². The first kappa shape index (κ1) is 17.7. The summed E-state index contributed by atoms with van der Waals surface area (Å²) in [6.45, 7) is 3.73. The van der Waals surface area contributed by atoms with E-state index < -0.39 is 0 Å². The number of H-pyrrole nitrogens is 1. The molecule has 104 valence electrons.